The molecule has 1 aromatic carbocycles. The van der Waals surface area contributed by atoms with Gasteiger partial charge in [-0.25, -0.2) is 9.97 Å². The van der Waals surface area contributed by atoms with Gasteiger partial charge in [-0.3, -0.25) is 9.69 Å². The van der Waals surface area contributed by atoms with Crippen molar-refractivity contribution in [3.63, 3.8) is 0 Å². The average Bonchev–Trinajstić information content (AvgIpc) is 3.22. The van der Waals surface area contributed by atoms with Gasteiger partial charge >= 0.3 is 0 Å². The van der Waals surface area contributed by atoms with E-state index in [4.69, 9.17) is 10.5 Å². The van der Waals surface area contributed by atoms with Gasteiger partial charge in [0.15, 0.2) is 10.8 Å². The monoisotopic (exact) mass is 343 g/mol. The molecule has 0 spiro atoms. The Morgan fingerprint density at radius 2 is 2.17 bits per heavy atom. The van der Waals surface area contributed by atoms with Crippen LogP contribution in [0, 0.1) is 0 Å². The SMILES string of the molecule is NC(=O)c1nc(-c2nc3ccc(CN4CCOCC4)cc3[nH]2)cs1. The van der Waals surface area contributed by atoms with Crippen LogP contribution in [0.4, 0.5) is 0 Å². The van der Waals surface area contributed by atoms with Gasteiger partial charge in [0.25, 0.3) is 5.91 Å². The lowest BCUT2D eigenvalue weighted by molar-refractivity contribution is 0.0342. The van der Waals surface area contributed by atoms with Crippen LogP contribution < -0.4 is 5.73 Å². The van der Waals surface area contributed by atoms with Crippen molar-refractivity contribution in [2.75, 3.05) is 26.3 Å². The number of ether oxygens (including phenoxy) is 1. The first-order chi connectivity index (χ1) is 11.7. The summed E-state index contributed by atoms with van der Waals surface area (Å²) in [4.78, 5) is 25.6. The number of nitrogens with zero attached hydrogens (tertiary/aromatic N) is 3. The van der Waals surface area contributed by atoms with Crippen LogP contribution in [0.25, 0.3) is 22.6 Å². The molecule has 3 N–H and O–H groups in total. The number of hydrogen-bond donors (Lipinski definition) is 2. The Kier molecular flexibility index (Phi) is 4.01. The topological polar surface area (TPSA) is 97.1 Å². The minimum atomic E-state index is -0.518. The molecule has 1 saturated heterocycles. The number of thiazole rings is 1. The van der Waals surface area contributed by atoms with E-state index in [2.05, 4.69) is 32.0 Å². The molecule has 0 unspecified atom stereocenters. The second-order valence-corrected chi connectivity index (χ2v) is 6.59. The van der Waals surface area contributed by atoms with Crippen LogP contribution in [0.15, 0.2) is 23.6 Å². The number of H-pyrrole nitrogens is 1. The van der Waals surface area contributed by atoms with Gasteiger partial charge < -0.3 is 15.5 Å². The Labute approximate surface area is 142 Å². The molecule has 7 nitrogen and oxygen atoms in total. The van der Waals surface area contributed by atoms with Gasteiger partial charge in [0.05, 0.1) is 24.2 Å². The fourth-order valence-corrected chi connectivity index (χ4v) is 3.44. The molecule has 124 valence electrons. The van der Waals surface area contributed by atoms with Crippen LogP contribution in [0.2, 0.25) is 0 Å². The Bertz CT molecular complexity index is 882. The summed E-state index contributed by atoms with van der Waals surface area (Å²) >= 11 is 1.22. The van der Waals surface area contributed by atoms with E-state index in [1.807, 2.05) is 6.07 Å². The summed E-state index contributed by atoms with van der Waals surface area (Å²) < 4.78 is 5.38. The van der Waals surface area contributed by atoms with Crippen molar-refractivity contribution in [1.29, 1.82) is 0 Å². The molecule has 1 amide bonds. The second-order valence-electron chi connectivity index (χ2n) is 5.73. The maximum absolute atomic E-state index is 11.2. The van der Waals surface area contributed by atoms with Crippen LogP contribution in [0.5, 0.6) is 0 Å². The number of rotatable bonds is 4. The number of nitrogens with one attached hydrogen (secondary N) is 1. The quantitative estimate of drug-likeness (QED) is 0.750. The third-order valence-corrected chi connectivity index (χ3v) is 4.87. The first-order valence-corrected chi connectivity index (χ1v) is 8.61. The third-order valence-electron chi connectivity index (χ3n) is 4.01. The molecule has 1 aliphatic heterocycles. The molecule has 3 heterocycles. The maximum Gasteiger partial charge on any atom is 0.277 e. The van der Waals surface area contributed by atoms with E-state index in [0.717, 1.165) is 43.9 Å². The average molecular weight is 343 g/mol. The zero-order valence-corrected chi connectivity index (χ0v) is 13.8. The molecule has 0 aliphatic carbocycles. The lowest BCUT2D eigenvalue weighted by Crippen LogP contribution is -2.35. The highest BCUT2D eigenvalue weighted by molar-refractivity contribution is 7.12. The number of aromatic nitrogens is 3. The summed E-state index contributed by atoms with van der Waals surface area (Å²) in [5.74, 6) is 0.132. The summed E-state index contributed by atoms with van der Waals surface area (Å²) in [6, 6.07) is 6.22. The summed E-state index contributed by atoms with van der Waals surface area (Å²) in [6.07, 6.45) is 0. The summed E-state index contributed by atoms with van der Waals surface area (Å²) in [7, 11) is 0. The number of fused-ring (bicyclic) bond motifs is 1. The number of amides is 1. The standard InChI is InChI=1S/C16H17N5O2S/c17-14(22)16-20-13(9-24-16)15-18-11-2-1-10(7-12(11)19-15)8-21-3-5-23-6-4-21/h1-2,7,9H,3-6,8H2,(H2,17,22)(H,18,19). The first kappa shape index (κ1) is 15.3. The van der Waals surface area contributed by atoms with E-state index >= 15 is 0 Å². The van der Waals surface area contributed by atoms with Gasteiger partial charge in [-0.1, -0.05) is 6.07 Å². The molecule has 0 saturated carbocycles. The van der Waals surface area contributed by atoms with Crippen molar-refractivity contribution in [2.45, 2.75) is 6.54 Å². The minimum Gasteiger partial charge on any atom is -0.379 e. The molecule has 4 rings (SSSR count). The van der Waals surface area contributed by atoms with E-state index in [1.54, 1.807) is 5.38 Å². The van der Waals surface area contributed by atoms with Crippen LogP contribution >= 0.6 is 11.3 Å². The fourth-order valence-electron chi connectivity index (χ4n) is 2.79. The Morgan fingerprint density at radius 3 is 2.92 bits per heavy atom. The van der Waals surface area contributed by atoms with Crippen LogP contribution in [-0.4, -0.2) is 52.1 Å². The first-order valence-electron chi connectivity index (χ1n) is 7.73. The predicted octanol–water partition coefficient (Wildman–Crippen LogP) is 1.62. The highest BCUT2D eigenvalue weighted by Crippen LogP contribution is 2.23. The molecule has 0 radical (unpaired) electrons. The van der Waals surface area contributed by atoms with Crippen molar-refractivity contribution < 1.29 is 9.53 Å². The molecule has 2 aromatic heterocycles. The number of carbonyl (C=O) groups is 1. The smallest absolute Gasteiger partial charge is 0.277 e. The van der Waals surface area contributed by atoms with E-state index in [0.29, 0.717) is 16.5 Å². The maximum atomic E-state index is 11.2. The molecule has 1 aliphatic rings. The van der Waals surface area contributed by atoms with E-state index in [9.17, 15) is 4.79 Å². The highest BCUT2D eigenvalue weighted by atomic mass is 32.1. The lowest BCUT2D eigenvalue weighted by atomic mass is 10.2. The van der Waals surface area contributed by atoms with Gasteiger partial charge in [0, 0.05) is 25.0 Å². The lowest BCUT2D eigenvalue weighted by Gasteiger charge is -2.26. The number of primary amides is 1. The Balaban J connectivity index is 1.59. The van der Waals surface area contributed by atoms with E-state index in [-0.39, 0.29) is 0 Å². The van der Waals surface area contributed by atoms with E-state index in [1.165, 1.54) is 16.9 Å². The Hall–Kier alpha value is -2.29. The van der Waals surface area contributed by atoms with Gasteiger partial charge in [-0.2, -0.15) is 0 Å². The number of imidazole rings is 1. The number of benzene rings is 1. The normalized spacial score (nSPS) is 15.8. The molecule has 0 atom stereocenters. The van der Waals surface area contributed by atoms with Crippen molar-refractivity contribution in [3.8, 4) is 11.5 Å². The number of nitrogens with two attached hydrogens (primary N) is 1. The second kappa shape index (κ2) is 6.31. The third kappa shape index (κ3) is 3.03. The zero-order chi connectivity index (χ0) is 16.5. The van der Waals surface area contributed by atoms with Crippen molar-refractivity contribution in [3.05, 3.63) is 34.2 Å². The van der Waals surface area contributed by atoms with Crippen molar-refractivity contribution >= 4 is 28.3 Å². The number of morpholine rings is 1. The van der Waals surface area contributed by atoms with Crippen LogP contribution in [0.3, 0.4) is 0 Å². The molecule has 0 bridgehead atoms. The molecule has 24 heavy (non-hydrogen) atoms. The Morgan fingerprint density at radius 1 is 1.33 bits per heavy atom. The van der Waals surface area contributed by atoms with E-state index < -0.39 is 5.91 Å². The number of aromatic amines is 1. The largest absolute Gasteiger partial charge is 0.379 e. The van der Waals surface area contributed by atoms with Gasteiger partial charge in [0.1, 0.15) is 5.69 Å². The summed E-state index contributed by atoms with van der Waals surface area (Å²) in [5.41, 5.74) is 8.97. The zero-order valence-electron chi connectivity index (χ0n) is 13.0. The summed E-state index contributed by atoms with van der Waals surface area (Å²) in [6.45, 7) is 4.41. The van der Waals surface area contributed by atoms with Gasteiger partial charge in [-0.15, -0.1) is 11.3 Å². The predicted molar refractivity (Wildman–Crippen MR) is 91.8 cm³/mol. The van der Waals surface area contributed by atoms with Crippen molar-refractivity contribution in [1.82, 2.24) is 19.9 Å². The minimum absolute atomic E-state index is 0.290. The molecule has 8 heteroatoms. The molecular formula is C16H17N5O2S. The van der Waals surface area contributed by atoms with Gasteiger partial charge in [0.2, 0.25) is 0 Å². The molecular weight excluding hydrogens is 326 g/mol. The van der Waals surface area contributed by atoms with Crippen LogP contribution in [-0.2, 0) is 11.3 Å². The van der Waals surface area contributed by atoms with Gasteiger partial charge in [-0.05, 0) is 17.7 Å². The molecule has 3 aromatic rings. The highest BCUT2D eigenvalue weighted by Gasteiger charge is 2.14. The fraction of sp³-hybridized carbons (Fsp3) is 0.312. The summed E-state index contributed by atoms with van der Waals surface area (Å²) in [5, 5.41) is 2.07. The van der Waals surface area contributed by atoms with Crippen molar-refractivity contribution in [2.24, 2.45) is 5.73 Å². The molecule has 1 fully saturated rings. The number of carbonyl (C=O) groups excluding carboxylic acids is 1. The van der Waals surface area contributed by atoms with Crippen LogP contribution in [0.1, 0.15) is 15.4 Å². The number of hydrogen-bond acceptors (Lipinski definition) is 6.